The minimum absolute atomic E-state index is 0.184. The Morgan fingerprint density at radius 2 is 1.84 bits per heavy atom. The SMILES string of the molecule is O=C1CC(Nc2ccc(Br)c3ccccc23)C(=O)N1. The number of carbonyl (C=O) groups excluding carboxylic acids is 2. The van der Waals surface area contributed by atoms with Crippen LogP contribution in [0.5, 0.6) is 0 Å². The van der Waals surface area contributed by atoms with Crippen molar-refractivity contribution < 1.29 is 9.59 Å². The lowest BCUT2D eigenvalue weighted by atomic mass is 10.1. The van der Waals surface area contributed by atoms with Crippen molar-refractivity contribution in [2.24, 2.45) is 0 Å². The van der Waals surface area contributed by atoms with Gasteiger partial charge in [0.2, 0.25) is 11.8 Å². The average Bonchev–Trinajstić information content (AvgIpc) is 2.72. The first-order valence-corrected chi connectivity index (χ1v) is 6.72. The van der Waals surface area contributed by atoms with E-state index >= 15 is 0 Å². The Balaban J connectivity index is 2.00. The molecule has 2 amide bonds. The zero-order chi connectivity index (χ0) is 13.4. The Bertz CT molecular complexity index is 684. The first-order valence-electron chi connectivity index (χ1n) is 5.92. The van der Waals surface area contributed by atoms with Crippen molar-refractivity contribution in [3.63, 3.8) is 0 Å². The molecule has 1 aliphatic heterocycles. The van der Waals surface area contributed by atoms with Crippen molar-refractivity contribution in [2.45, 2.75) is 12.5 Å². The van der Waals surface area contributed by atoms with Crippen LogP contribution in [0, 0.1) is 0 Å². The summed E-state index contributed by atoms with van der Waals surface area (Å²) in [4.78, 5) is 22.8. The van der Waals surface area contributed by atoms with Crippen molar-refractivity contribution in [1.82, 2.24) is 5.32 Å². The molecule has 1 unspecified atom stereocenters. The van der Waals surface area contributed by atoms with Gasteiger partial charge < -0.3 is 5.32 Å². The molecular formula is C14H11BrN2O2. The van der Waals surface area contributed by atoms with E-state index in [-0.39, 0.29) is 18.2 Å². The molecule has 0 saturated carbocycles. The fourth-order valence-corrected chi connectivity index (χ4v) is 2.72. The number of anilines is 1. The Hall–Kier alpha value is -1.88. The summed E-state index contributed by atoms with van der Waals surface area (Å²) in [7, 11) is 0. The van der Waals surface area contributed by atoms with Crippen LogP contribution in [0.4, 0.5) is 5.69 Å². The van der Waals surface area contributed by atoms with E-state index in [0.29, 0.717) is 0 Å². The van der Waals surface area contributed by atoms with Gasteiger partial charge in [0.25, 0.3) is 0 Å². The molecule has 0 radical (unpaired) electrons. The van der Waals surface area contributed by atoms with Gasteiger partial charge in [-0.3, -0.25) is 14.9 Å². The molecule has 0 aromatic heterocycles. The van der Waals surface area contributed by atoms with Gasteiger partial charge in [0.1, 0.15) is 6.04 Å². The second kappa shape index (κ2) is 4.66. The molecule has 1 atom stereocenters. The van der Waals surface area contributed by atoms with Crippen LogP contribution in [0.25, 0.3) is 10.8 Å². The monoisotopic (exact) mass is 318 g/mol. The maximum absolute atomic E-state index is 11.6. The number of carbonyl (C=O) groups is 2. The molecule has 0 aliphatic carbocycles. The number of hydrogen-bond donors (Lipinski definition) is 2. The van der Waals surface area contributed by atoms with Gasteiger partial charge in [0.15, 0.2) is 0 Å². The smallest absolute Gasteiger partial charge is 0.249 e. The summed E-state index contributed by atoms with van der Waals surface area (Å²) in [5.74, 6) is -0.499. The lowest BCUT2D eigenvalue weighted by Gasteiger charge is -2.14. The second-order valence-electron chi connectivity index (χ2n) is 4.45. The van der Waals surface area contributed by atoms with Crippen LogP contribution in [-0.2, 0) is 9.59 Å². The predicted molar refractivity (Wildman–Crippen MR) is 76.8 cm³/mol. The van der Waals surface area contributed by atoms with Gasteiger partial charge in [0.05, 0.1) is 6.42 Å². The topological polar surface area (TPSA) is 58.2 Å². The van der Waals surface area contributed by atoms with Crippen molar-refractivity contribution in [3.8, 4) is 0 Å². The summed E-state index contributed by atoms with van der Waals surface area (Å²) >= 11 is 3.50. The summed E-state index contributed by atoms with van der Waals surface area (Å²) in [5.41, 5.74) is 0.855. The zero-order valence-electron chi connectivity index (χ0n) is 9.94. The molecule has 1 aliphatic rings. The molecule has 96 valence electrons. The van der Waals surface area contributed by atoms with Gasteiger partial charge in [-0.15, -0.1) is 0 Å². The molecule has 1 heterocycles. The quantitative estimate of drug-likeness (QED) is 0.836. The van der Waals surface area contributed by atoms with E-state index in [1.54, 1.807) is 0 Å². The fourth-order valence-electron chi connectivity index (χ4n) is 2.25. The summed E-state index contributed by atoms with van der Waals surface area (Å²) < 4.78 is 1.00. The number of rotatable bonds is 2. The largest absolute Gasteiger partial charge is 0.373 e. The van der Waals surface area contributed by atoms with Crippen LogP contribution in [0.2, 0.25) is 0 Å². The Labute approximate surface area is 118 Å². The lowest BCUT2D eigenvalue weighted by Crippen LogP contribution is -2.30. The van der Waals surface area contributed by atoms with Crippen molar-refractivity contribution >= 4 is 44.2 Å². The van der Waals surface area contributed by atoms with Crippen molar-refractivity contribution in [3.05, 3.63) is 40.9 Å². The summed E-state index contributed by atoms with van der Waals surface area (Å²) in [6.45, 7) is 0. The predicted octanol–water partition coefficient (Wildman–Crippen LogP) is 2.43. The minimum atomic E-state index is -0.489. The van der Waals surface area contributed by atoms with Crippen LogP contribution >= 0.6 is 15.9 Å². The number of fused-ring (bicyclic) bond motifs is 1. The molecule has 1 fully saturated rings. The first-order chi connectivity index (χ1) is 9.15. The van der Waals surface area contributed by atoms with Crippen LogP contribution in [0.3, 0.4) is 0 Å². The van der Waals surface area contributed by atoms with Gasteiger partial charge >= 0.3 is 0 Å². The van der Waals surface area contributed by atoms with E-state index in [1.807, 2.05) is 36.4 Å². The highest BCUT2D eigenvalue weighted by atomic mass is 79.9. The second-order valence-corrected chi connectivity index (χ2v) is 5.31. The third-order valence-electron chi connectivity index (χ3n) is 3.17. The van der Waals surface area contributed by atoms with Crippen molar-refractivity contribution in [1.29, 1.82) is 0 Å². The number of imide groups is 1. The molecular weight excluding hydrogens is 308 g/mol. The van der Waals surface area contributed by atoms with Gasteiger partial charge in [0, 0.05) is 15.5 Å². The molecule has 2 N–H and O–H groups in total. The molecule has 2 aromatic carbocycles. The third kappa shape index (κ3) is 2.21. The summed E-state index contributed by atoms with van der Waals surface area (Å²) in [5, 5.41) is 7.52. The Morgan fingerprint density at radius 1 is 1.11 bits per heavy atom. The molecule has 19 heavy (non-hydrogen) atoms. The van der Waals surface area contributed by atoms with E-state index < -0.39 is 6.04 Å². The summed E-state index contributed by atoms with van der Waals surface area (Å²) in [6.07, 6.45) is 0.184. The Kier molecular flexibility index (Phi) is 2.98. The van der Waals surface area contributed by atoms with Crippen LogP contribution in [0.15, 0.2) is 40.9 Å². The van der Waals surface area contributed by atoms with Crippen molar-refractivity contribution in [2.75, 3.05) is 5.32 Å². The standard InChI is InChI=1S/C14H11BrN2O2/c15-10-5-6-11(9-4-2-1-3-8(9)10)16-12-7-13(18)17-14(12)19/h1-6,12,16H,7H2,(H,17,18,19). The van der Waals surface area contributed by atoms with Gasteiger partial charge in [-0.1, -0.05) is 40.2 Å². The van der Waals surface area contributed by atoms with Gasteiger partial charge in [-0.25, -0.2) is 0 Å². The zero-order valence-corrected chi connectivity index (χ0v) is 11.5. The first kappa shape index (κ1) is 12.2. The molecule has 0 bridgehead atoms. The van der Waals surface area contributed by atoms with Gasteiger partial charge in [-0.05, 0) is 17.5 Å². The fraction of sp³-hybridized carbons (Fsp3) is 0.143. The van der Waals surface area contributed by atoms with E-state index in [1.165, 1.54) is 0 Å². The molecule has 4 nitrogen and oxygen atoms in total. The molecule has 2 aromatic rings. The average molecular weight is 319 g/mol. The maximum Gasteiger partial charge on any atom is 0.249 e. The summed E-state index contributed by atoms with van der Waals surface area (Å²) in [6, 6.07) is 11.2. The lowest BCUT2D eigenvalue weighted by molar-refractivity contribution is -0.124. The number of amides is 2. The highest BCUT2D eigenvalue weighted by Crippen LogP contribution is 2.30. The van der Waals surface area contributed by atoms with Crippen LogP contribution < -0.4 is 10.6 Å². The number of nitrogens with one attached hydrogen (secondary N) is 2. The highest BCUT2D eigenvalue weighted by Gasteiger charge is 2.30. The molecule has 0 spiro atoms. The van der Waals surface area contributed by atoms with Gasteiger partial charge in [-0.2, -0.15) is 0 Å². The minimum Gasteiger partial charge on any atom is -0.373 e. The van der Waals surface area contributed by atoms with E-state index in [0.717, 1.165) is 20.9 Å². The number of halogens is 1. The normalized spacial score (nSPS) is 18.7. The highest BCUT2D eigenvalue weighted by molar-refractivity contribution is 9.10. The van der Waals surface area contributed by atoms with E-state index in [2.05, 4.69) is 26.6 Å². The maximum atomic E-state index is 11.6. The van der Waals surface area contributed by atoms with Crippen LogP contribution in [0.1, 0.15) is 6.42 Å². The van der Waals surface area contributed by atoms with E-state index in [9.17, 15) is 9.59 Å². The molecule has 1 saturated heterocycles. The van der Waals surface area contributed by atoms with Crippen LogP contribution in [-0.4, -0.2) is 17.9 Å². The number of benzene rings is 2. The molecule has 5 heteroatoms. The van der Waals surface area contributed by atoms with E-state index in [4.69, 9.17) is 0 Å². The number of hydrogen-bond acceptors (Lipinski definition) is 3. The Morgan fingerprint density at radius 3 is 2.53 bits per heavy atom. The third-order valence-corrected chi connectivity index (χ3v) is 3.86. The molecule has 3 rings (SSSR count).